The third kappa shape index (κ3) is 3.10. The van der Waals surface area contributed by atoms with Crippen LogP contribution in [0.1, 0.15) is 0 Å². The molecule has 2 aliphatic rings. The van der Waals surface area contributed by atoms with Crippen molar-refractivity contribution in [2.75, 3.05) is 35.4 Å². The molecule has 4 rings (SSSR count). The zero-order valence-corrected chi connectivity index (χ0v) is 15.9. The number of ether oxygens (including phenoxy) is 2. The van der Waals surface area contributed by atoms with Crippen molar-refractivity contribution < 1.29 is 19.7 Å². The zero-order chi connectivity index (χ0) is 19.8. The van der Waals surface area contributed by atoms with E-state index in [2.05, 4.69) is 15.3 Å². The van der Waals surface area contributed by atoms with Crippen LogP contribution in [0.5, 0.6) is 0 Å². The Morgan fingerprint density at radius 2 is 2.11 bits per heavy atom. The molecule has 5 unspecified atom stereocenters. The third-order valence-corrected chi connectivity index (χ3v) is 6.01. The molecule has 28 heavy (non-hydrogen) atoms. The molecule has 0 amide bonds. The van der Waals surface area contributed by atoms with Crippen LogP contribution in [0.25, 0.3) is 0 Å². The fraction of sp³-hybridized carbons (Fsp3) is 0.412. The van der Waals surface area contributed by atoms with Crippen molar-refractivity contribution in [2.45, 2.75) is 34.9 Å². The lowest BCUT2D eigenvalue weighted by Gasteiger charge is -2.33. The highest BCUT2D eigenvalue weighted by Crippen LogP contribution is 2.45. The molecule has 2 aromatic rings. The first-order chi connectivity index (χ1) is 13.5. The second-order valence-electron chi connectivity index (χ2n) is 6.46. The number of fused-ring (bicyclic) bond motifs is 1. The molecule has 3 heterocycles. The van der Waals surface area contributed by atoms with E-state index >= 15 is 0 Å². The van der Waals surface area contributed by atoms with Crippen LogP contribution in [-0.2, 0) is 9.47 Å². The first-order valence-electron chi connectivity index (χ1n) is 8.68. The Balaban J connectivity index is 1.72. The Morgan fingerprint density at radius 3 is 2.82 bits per heavy atom. The molecule has 150 valence electrons. The molecule has 1 aromatic heterocycles. The van der Waals surface area contributed by atoms with Crippen LogP contribution >= 0.6 is 11.8 Å². The van der Waals surface area contributed by atoms with Gasteiger partial charge in [0.15, 0.2) is 23.4 Å². The van der Waals surface area contributed by atoms with Crippen LogP contribution < -0.4 is 21.7 Å². The van der Waals surface area contributed by atoms with E-state index < -0.39 is 30.0 Å². The number of rotatable bonds is 5. The average molecular weight is 406 g/mol. The van der Waals surface area contributed by atoms with Gasteiger partial charge in [-0.1, -0.05) is 23.9 Å². The fourth-order valence-corrected chi connectivity index (χ4v) is 4.54. The number of nitrogens with two attached hydrogens (primary N) is 2. The van der Waals surface area contributed by atoms with Crippen LogP contribution in [0.15, 0.2) is 35.5 Å². The molecule has 1 fully saturated rings. The normalized spacial score (nSPS) is 29.0. The van der Waals surface area contributed by atoms with Gasteiger partial charge in [0.2, 0.25) is 0 Å². The van der Waals surface area contributed by atoms with E-state index in [0.29, 0.717) is 23.0 Å². The maximum atomic E-state index is 10.5. The Bertz CT molecular complexity index is 858. The molecule has 0 saturated carbocycles. The SMILES string of the molecule is COC1C(O)C(CO)OC1N1c2ncnc(N)c2NC1Sc1ccccc1N. The van der Waals surface area contributed by atoms with E-state index in [0.717, 1.165) is 4.90 Å². The van der Waals surface area contributed by atoms with Gasteiger partial charge >= 0.3 is 0 Å². The van der Waals surface area contributed by atoms with Crippen LogP contribution in [0, 0.1) is 0 Å². The lowest BCUT2D eigenvalue weighted by Crippen LogP contribution is -2.49. The highest BCUT2D eigenvalue weighted by atomic mass is 32.2. The van der Waals surface area contributed by atoms with Crippen molar-refractivity contribution in [3.8, 4) is 0 Å². The molecule has 5 atom stereocenters. The summed E-state index contributed by atoms with van der Waals surface area (Å²) in [5, 5.41) is 23.3. The highest BCUT2D eigenvalue weighted by molar-refractivity contribution is 8.00. The smallest absolute Gasteiger partial charge is 0.163 e. The standard InChI is InChI=1S/C17H22N6O4S/c1-26-13-12(25)9(6-24)27-16(13)23-15-11(14(19)20-7-21-15)22-17(23)28-10-5-3-2-4-8(10)18/h2-5,7,9,12-13,16-17,22,24-25H,6,18H2,1H3,(H2,19,20,21). The summed E-state index contributed by atoms with van der Waals surface area (Å²) in [5.41, 5.74) is 12.9. The lowest BCUT2D eigenvalue weighted by molar-refractivity contribution is -0.0230. The number of thioether (sulfide) groups is 1. The average Bonchev–Trinajstić information content (AvgIpc) is 3.21. The number of aliphatic hydroxyl groups excluding tert-OH is 2. The minimum Gasteiger partial charge on any atom is -0.398 e. The van der Waals surface area contributed by atoms with Crippen molar-refractivity contribution in [2.24, 2.45) is 0 Å². The predicted molar refractivity (Wildman–Crippen MR) is 106 cm³/mol. The first-order valence-corrected chi connectivity index (χ1v) is 9.56. The first kappa shape index (κ1) is 19.0. The van der Waals surface area contributed by atoms with Crippen LogP contribution in [0.3, 0.4) is 0 Å². The Labute approximate surface area is 165 Å². The molecule has 0 bridgehead atoms. The van der Waals surface area contributed by atoms with Gasteiger partial charge in [-0.15, -0.1) is 0 Å². The molecule has 0 aliphatic carbocycles. The molecule has 7 N–H and O–H groups in total. The van der Waals surface area contributed by atoms with Gasteiger partial charge in [-0.2, -0.15) is 0 Å². The van der Waals surface area contributed by atoms with Crippen molar-refractivity contribution in [3.05, 3.63) is 30.6 Å². The van der Waals surface area contributed by atoms with Gasteiger partial charge in [0.1, 0.15) is 30.3 Å². The van der Waals surface area contributed by atoms with Gasteiger partial charge < -0.3 is 36.5 Å². The quantitative estimate of drug-likeness (QED) is 0.428. The van der Waals surface area contributed by atoms with Crippen LogP contribution in [0.2, 0.25) is 0 Å². The number of para-hydroxylation sites is 1. The van der Waals surface area contributed by atoms with E-state index in [1.807, 2.05) is 29.2 Å². The molecule has 0 radical (unpaired) electrons. The number of aromatic nitrogens is 2. The van der Waals surface area contributed by atoms with Crippen molar-refractivity contribution >= 4 is 34.8 Å². The summed E-state index contributed by atoms with van der Waals surface area (Å²) in [6.07, 6.45) is -1.80. The summed E-state index contributed by atoms with van der Waals surface area (Å²) in [5.74, 6) is 0.822. The summed E-state index contributed by atoms with van der Waals surface area (Å²) in [7, 11) is 1.49. The Hall–Kier alpha value is -2.31. The number of benzene rings is 1. The Morgan fingerprint density at radius 1 is 1.32 bits per heavy atom. The van der Waals surface area contributed by atoms with Crippen molar-refractivity contribution in [3.63, 3.8) is 0 Å². The monoisotopic (exact) mass is 406 g/mol. The van der Waals surface area contributed by atoms with E-state index in [-0.39, 0.29) is 6.61 Å². The molecular weight excluding hydrogens is 384 g/mol. The van der Waals surface area contributed by atoms with Gasteiger partial charge in [0, 0.05) is 17.7 Å². The van der Waals surface area contributed by atoms with Gasteiger partial charge in [0.05, 0.1) is 6.61 Å². The summed E-state index contributed by atoms with van der Waals surface area (Å²) in [6, 6.07) is 7.49. The van der Waals surface area contributed by atoms with Gasteiger partial charge in [-0.3, -0.25) is 4.90 Å². The predicted octanol–water partition coefficient (Wildman–Crippen LogP) is 0.0419. The minimum absolute atomic E-state index is 0.297. The second kappa shape index (κ2) is 7.60. The minimum atomic E-state index is -0.990. The molecule has 1 aromatic carbocycles. The van der Waals surface area contributed by atoms with Gasteiger partial charge in [-0.05, 0) is 12.1 Å². The number of hydrogen-bond donors (Lipinski definition) is 5. The highest BCUT2D eigenvalue weighted by Gasteiger charge is 2.51. The second-order valence-corrected chi connectivity index (χ2v) is 7.58. The van der Waals surface area contributed by atoms with E-state index in [9.17, 15) is 10.2 Å². The molecule has 0 spiro atoms. The number of aliphatic hydroxyl groups is 2. The number of anilines is 4. The summed E-state index contributed by atoms with van der Waals surface area (Å²) in [4.78, 5) is 11.1. The lowest BCUT2D eigenvalue weighted by atomic mass is 10.1. The molecule has 11 heteroatoms. The van der Waals surface area contributed by atoms with Crippen LogP contribution in [0.4, 0.5) is 23.0 Å². The third-order valence-electron chi connectivity index (χ3n) is 4.82. The van der Waals surface area contributed by atoms with Gasteiger partial charge in [-0.25, -0.2) is 9.97 Å². The number of nitrogens with zero attached hydrogens (tertiary/aromatic N) is 3. The Kier molecular flexibility index (Phi) is 5.17. The number of nitrogen functional groups attached to an aromatic ring is 2. The van der Waals surface area contributed by atoms with E-state index in [1.165, 1.54) is 25.2 Å². The molecule has 2 aliphatic heterocycles. The largest absolute Gasteiger partial charge is 0.398 e. The van der Waals surface area contributed by atoms with E-state index in [4.69, 9.17) is 20.9 Å². The maximum absolute atomic E-state index is 10.5. The summed E-state index contributed by atoms with van der Waals surface area (Å²) < 4.78 is 11.4. The van der Waals surface area contributed by atoms with Gasteiger partial charge in [0.25, 0.3) is 0 Å². The van der Waals surface area contributed by atoms with Crippen LogP contribution in [-0.4, -0.2) is 63.9 Å². The fourth-order valence-electron chi connectivity index (χ4n) is 3.42. The molecule has 10 nitrogen and oxygen atoms in total. The van der Waals surface area contributed by atoms with Crippen molar-refractivity contribution in [1.29, 1.82) is 0 Å². The zero-order valence-electron chi connectivity index (χ0n) is 15.1. The number of hydrogen-bond acceptors (Lipinski definition) is 11. The van der Waals surface area contributed by atoms with E-state index in [1.54, 1.807) is 0 Å². The molecular formula is C17H22N6O4S. The number of methoxy groups -OCH3 is 1. The number of nitrogens with one attached hydrogen (secondary N) is 1. The molecule has 1 saturated heterocycles. The maximum Gasteiger partial charge on any atom is 0.163 e. The summed E-state index contributed by atoms with van der Waals surface area (Å²) >= 11 is 1.45. The van der Waals surface area contributed by atoms with Crippen molar-refractivity contribution in [1.82, 2.24) is 9.97 Å². The summed E-state index contributed by atoms with van der Waals surface area (Å²) in [6.45, 7) is -0.332. The topological polar surface area (TPSA) is 152 Å².